The standard InChI is InChI=1S/C18H30N2O/c1-14-10-15(2)12-16(11-14)13-17(19-5)18(3,4)20-6-8-21-9-7-20/h10-12,17,19H,6-9,13H2,1-5H3. The molecule has 118 valence electrons. The first-order valence-electron chi connectivity index (χ1n) is 8.00. The molecule has 1 heterocycles. The zero-order chi connectivity index (χ0) is 15.5. The zero-order valence-electron chi connectivity index (χ0n) is 14.2. The summed E-state index contributed by atoms with van der Waals surface area (Å²) in [6.45, 7) is 12.8. The molecule has 0 radical (unpaired) electrons. The maximum Gasteiger partial charge on any atom is 0.0594 e. The summed E-state index contributed by atoms with van der Waals surface area (Å²) in [7, 11) is 2.08. The molecule has 0 aromatic heterocycles. The van der Waals surface area contributed by atoms with E-state index in [0.29, 0.717) is 6.04 Å². The van der Waals surface area contributed by atoms with Crippen LogP contribution in [-0.2, 0) is 11.2 Å². The second kappa shape index (κ2) is 6.91. The van der Waals surface area contributed by atoms with Gasteiger partial charge in [0.2, 0.25) is 0 Å². The van der Waals surface area contributed by atoms with Crippen LogP contribution in [0.5, 0.6) is 0 Å². The molecule has 1 aromatic carbocycles. The van der Waals surface area contributed by atoms with Gasteiger partial charge >= 0.3 is 0 Å². The third-order valence-electron chi connectivity index (χ3n) is 4.75. The van der Waals surface area contributed by atoms with Crippen molar-refractivity contribution < 1.29 is 4.74 Å². The number of likely N-dealkylation sites (N-methyl/N-ethyl adjacent to an activating group) is 1. The van der Waals surface area contributed by atoms with E-state index in [2.05, 4.69) is 63.2 Å². The second-order valence-corrected chi connectivity index (χ2v) is 6.79. The van der Waals surface area contributed by atoms with E-state index < -0.39 is 0 Å². The van der Waals surface area contributed by atoms with Gasteiger partial charge in [-0.25, -0.2) is 0 Å². The average Bonchev–Trinajstić information content (AvgIpc) is 2.44. The minimum Gasteiger partial charge on any atom is -0.379 e. The molecule has 1 aliphatic heterocycles. The smallest absolute Gasteiger partial charge is 0.0594 e. The first kappa shape index (κ1) is 16.5. The fourth-order valence-electron chi connectivity index (χ4n) is 3.49. The van der Waals surface area contributed by atoms with Crippen LogP contribution in [0.2, 0.25) is 0 Å². The molecule has 0 spiro atoms. The topological polar surface area (TPSA) is 24.5 Å². The minimum atomic E-state index is 0.121. The molecule has 0 bridgehead atoms. The molecule has 21 heavy (non-hydrogen) atoms. The van der Waals surface area contributed by atoms with Gasteiger partial charge in [-0.15, -0.1) is 0 Å². The Morgan fingerprint density at radius 2 is 1.71 bits per heavy atom. The molecule has 1 N–H and O–H groups in total. The van der Waals surface area contributed by atoms with Gasteiger partial charge in [0.05, 0.1) is 13.2 Å². The predicted octanol–water partition coefficient (Wildman–Crippen LogP) is 2.54. The Morgan fingerprint density at radius 3 is 2.24 bits per heavy atom. The summed E-state index contributed by atoms with van der Waals surface area (Å²) in [6, 6.07) is 7.29. The number of aryl methyl sites for hydroxylation is 2. The molecule has 1 unspecified atom stereocenters. The summed E-state index contributed by atoms with van der Waals surface area (Å²) >= 11 is 0. The molecule has 2 rings (SSSR count). The summed E-state index contributed by atoms with van der Waals surface area (Å²) in [5.74, 6) is 0. The molecule has 1 atom stereocenters. The number of hydrogen-bond acceptors (Lipinski definition) is 3. The average molecular weight is 290 g/mol. The Hall–Kier alpha value is -0.900. The molecule has 0 aliphatic carbocycles. The van der Waals surface area contributed by atoms with Crippen LogP contribution in [0.25, 0.3) is 0 Å². The molecule has 1 aliphatic rings. The lowest BCUT2D eigenvalue weighted by Gasteiger charge is -2.46. The third kappa shape index (κ3) is 4.06. The Bertz CT molecular complexity index is 444. The predicted molar refractivity (Wildman–Crippen MR) is 88.9 cm³/mol. The summed E-state index contributed by atoms with van der Waals surface area (Å²) < 4.78 is 5.50. The number of ether oxygens (including phenoxy) is 1. The summed E-state index contributed by atoms with van der Waals surface area (Å²) in [5.41, 5.74) is 4.25. The van der Waals surface area contributed by atoms with E-state index in [1.165, 1.54) is 16.7 Å². The van der Waals surface area contributed by atoms with Gasteiger partial charge in [0.15, 0.2) is 0 Å². The van der Waals surface area contributed by atoms with Crippen molar-refractivity contribution in [2.24, 2.45) is 0 Å². The van der Waals surface area contributed by atoms with Crippen molar-refractivity contribution in [2.45, 2.75) is 45.7 Å². The number of rotatable bonds is 5. The van der Waals surface area contributed by atoms with Crippen molar-refractivity contribution in [1.82, 2.24) is 10.2 Å². The van der Waals surface area contributed by atoms with Crippen molar-refractivity contribution in [3.8, 4) is 0 Å². The normalized spacial score (nSPS) is 18.7. The molecule has 3 nitrogen and oxygen atoms in total. The first-order valence-corrected chi connectivity index (χ1v) is 8.00. The first-order chi connectivity index (χ1) is 9.93. The quantitative estimate of drug-likeness (QED) is 0.902. The van der Waals surface area contributed by atoms with Crippen LogP contribution < -0.4 is 5.32 Å². The van der Waals surface area contributed by atoms with Crippen molar-refractivity contribution in [3.05, 3.63) is 34.9 Å². The highest BCUT2D eigenvalue weighted by Gasteiger charge is 2.35. The monoisotopic (exact) mass is 290 g/mol. The summed E-state index contributed by atoms with van der Waals surface area (Å²) in [6.07, 6.45) is 1.06. The number of morpholine rings is 1. The largest absolute Gasteiger partial charge is 0.379 e. The van der Waals surface area contributed by atoms with Gasteiger partial charge in [-0.3, -0.25) is 4.90 Å². The minimum absolute atomic E-state index is 0.121. The van der Waals surface area contributed by atoms with E-state index in [1.807, 2.05) is 0 Å². The summed E-state index contributed by atoms with van der Waals surface area (Å²) in [4.78, 5) is 2.56. The van der Waals surface area contributed by atoms with Gasteiger partial charge in [0.25, 0.3) is 0 Å². The highest BCUT2D eigenvalue weighted by molar-refractivity contribution is 5.29. The lowest BCUT2D eigenvalue weighted by molar-refractivity contribution is -0.0223. The van der Waals surface area contributed by atoms with Gasteiger partial charge in [-0.2, -0.15) is 0 Å². The fraction of sp³-hybridized carbons (Fsp3) is 0.667. The Balaban J connectivity index is 2.13. The van der Waals surface area contributed by atoms with Crippen molar-refractivity contribution >= 4 is 0 Å². The number of nitrogens with one attached hydrogen (secondary N) is 1. The molecule has 3 heteroatoms. The SMILES string of the molecule is CNC(Cc1cc(C)cc(C)c1)C(C)(C)N1CCOCC1. The second-order valence-electron chi connectivity index (χ2n) is 6.79. The number of hydrogen-bond donors (Lipinski definition) is 1. The van der Waals surface area contributed by atoms with Crippen LogP contribution in [0, 0.1) is 13.8 Å². The van der Waals surface area contributed by atoms with Crippen LogP contribution in [-0.4, -0.2) is 49.8 Å². The molecule has 1 fully saturated rings. The van der Waals surface area contributed by atoms with Gasteiger partial charge in [0, 0.05) is 24.7 Å². The van der Waals surface area contributed by atoms with Gasteiger partial charge < -0.3 is 10.1 Å². The highest BCUT2D eigenvalue weighted by atomic mass is 16.5. The van der Waals surface area contributed by atoms with Gasteiger partial charge in [-0.05, 0) is 46.7 Å². The van der Waals surface area contributed by atoms with E-state index in [4.69, 9.17) is 4.74 Å². The van der Waals surface area contributed by atoms with Gasteiger partial charge in [0.1, 0.15) is 0 Å². The molecular formula is C18H30N2O. The molecule has 0 amide bonds. The fourth-order valence-corrected chi connectivity index (χ4v) is 3.49. The van der Waals surface area contributed by atoms with Crippen molar-refractivity contribution in [1.29, 1.82) is 0 Å². The van der Waals surface area contributed by atoms with Crippen LogP contribution >= 0.6 is 0 Å². The Morgan fingerprint density at radius 1 is 1.14 bits per heavy atom. The maximum atomic E-state index is 5.50. The Labute approximate surface area is 129 Å². The highest BCUT2D eigenvalue weighted by Crippen LogP contribution is 2.24. The lowest BCUT2D eigenvalue weighted by Crippen LogP contribution is -2.60. The van der Waals surface area contributed by atoms with Crippen LogP contribution in [0.4, 0.5) is 0 Å². The molecule has 0 saturated carbocycles. The van der Waals surface area contributed by atoms with E-state index in [0.717, 1.165) is 32.7 Å². The van der Waals surface area contributed by atoms with Gasteiger partial charge in [-0.1, -0.05) is 29.3 Å². The molecule has 1 aromatic rings. The van der Waals surface area contributed by atoms with E-state index in [1.54, 1.807) is 0 Å². The van der Waals surface area contributed by atoms with Crippen LogP contribution in [0.1, 0.15) is 30.5 Å². The third-order valence-corrected chi connectivity index (χ3v) is 4.75. The lowest BCUT2D eigenvalue weighted by atomic mass is 9.86. The molecule has 1 saturated heterocycles. The van der Waals surface area contributed by atoms with E-state index in [9.17, 15) is 0 Å². The zero-order valence-corrected chi connectivity index (χ0v) is 14.2. The van der Waals surface area contributed by atoms with Crippen molar-refractivity contribution in [3.63, 3.8) is 0 Å². The molecular weight excluding hydrogens is 260 g/mol. The van der Waals surface area contributed by atoms with Crippen molar-refractivity contribution in [2.75, 3.05) is 33.4 Å². The number of benzene rings is 1. The van der Waals surface area contributed by atoms with E-state index in [-0.39, 0.29) is 5.54 Å². The Kier molecular flexibility index (Phi) is 5.42. The summed E-state index contributed by atoms with van der Waals surface area (Å²) in [5, 5.41) is 3.54. The number of nitrogens with zero attached hydrogens (tertiary/aromatic N) is 1. The van der Waals surface area contributed by atoms with Crippen LogP contribution in [0.3, 0.4) is 0 Å². The maximum absolute atomic E-state index is 5.50. The van der Waals surface area contributed by atoms with Crippen LogP contribution in [0.15, 0.2) is 18.2 Å². The van der Waals surface area contributed by atoms with E-state index >= 15 is 0 Å².